The monoisotopic (exact) mass is 253 g/mol. The van der Waals surface area contributed by atoms with E-state index in [0.717, 1.165) is 52.1 Å². The van der Waals surface area contributed by atoms with Crippen molar-refractivity contribution in [2.24, 2.45) is 5.92 Å². The van der Waals surface area contributed by atoms with Crippen molar-refractivity contribution in [3.63, 3.8) is 0 Å². The molecule has 0 bridgehead atoms. The zero-order chi connectivity index (χ0) is 13.0. The molecule has 1 amide bonds. The fraction of sp³-hybridized carbons (Fsp3) is 0.846. The van der Waals surface area contributed by atoms with E-state index in [1.807, 2.05) is 4.90 Å². The third-order valence-electron chi connectivity index (χ3n) is 3.95. The molecule has 0 spiro atoms. The number of amides is 1. The van der Waals surface area contributed by atoms with Crippen molar-refractivity contribution < 1.29 is 9.59 Å². The zero-order valence-corrected chi connectivity index (χ0v) is 11.2. The molecule has 5 nitrogen and oxygen atoms in total. The largest absolute Gasteiger partial charge is 0.340 e. The van der Waals surface area contributed by atoms with Crippen LogP contribution >= 0.6 is 0 Å². The lowest BCUT2D eigenvalue weighted by molar-refractivity contribution is -0.131. The Labute approximate surface area is 108 Å². The van der Waals surface area contributed by atoms with Crippen LogP contribution < -0.4 is 5.32 Å². The number of hydrogen-bond acceptors (Lipinski definition) is 4. The summed E-state index contributed by atoms with van der Waals surface area (Å²) in [5.74, 6) is 0.695. The average molecular weight is 253 g/mol. The first-order valence-corrected chi connectivity index (χ1v) is 6.88. The SMILES string of the molecule is CC(=O)N1CCN(CC(=O)C2CCCNC2)CC1. The Hall–Kier alpha value is -0.940. The second-order valence-electron chi connectivity index (χ2n) is 5.29. The Morgan fingerprint density at radius 1 is 1.22 bits per heavy atom. The maximum Gasteiger partial charge on any atom is 0.219 e. The highest BCUT2D eigenvalue weighted by Gasteiger charge is 2.25. The third-order valence-corrected chi connectivity index (χ3v) is 3.95. The van der Waals surface area contributed by atoms with Crippen molar-refractivity contribution in [3.8, 4) is 0 Å². The standard InChI is InChI=1S/C13H23N3O2/c1-11(17)16-7-5-15(6-8-16)10-13(18)12-3-2-4-14-9-12/h12,14H,2-10H2,1H3. The summed E-state index contributed by atoms with van der Waals surface area (Å²) in [6, 6.07) is 0. The van der Waals surface area contributed by atoms with Gasteiger partial charge < -0.3 is 10.2 Å². The van der Waals surface area contributed by atoms with E-state index in [2.05, 4.69) is 10.2 Å². The highest BCUT2D eigenvalue weighted by molar-refractivity contribution is 5.83. The first-order chi connectivity index (χ1) is 8.66. The minimum absolute atomic E-state index is 0.137. The normalized spacial score (nSPS) is 26.1. The minimum atomic E-state index is 0.137. The Balaban J connectivity index is 1.73. The lowest BCUT2D eigenvalue weighted by Crippen LogP contribution is -2.50. The van der Waals surface area contributed by atoms with Gasteiger partial charge in [-0.2, -0.15) is 0 Å². The first-order valence-electron chi connectivity index (χ1n) is 6.88. The number of carbonyl (C=O) groups excluding carboxylic acids is 2. The fourth-order valence-electron chi connectivity index (χ4n) is 2.70. The van der Waals surface area contributed by atoms with Crippen molar-refractivity contribution in [1.82, 2.24) is 15.1 Å². The van der Waals surface area contributed by atoms with E-state index in [1.54, 1.807) is 6.92 Å². The van der Waals surface area contributed by atoms with Gasteiger partial charge in [-0.3, -0.25) is 14.5 Å². The van der Waals surface area contributed by atoms with Crippen LogP contribution in [0.2, 0.25) is 0 Å². The van der Waals surface area contributed by atoms with Crippen LogP contribution in [-0.2, 0) is 9.59 Å². The van der Waals surface area contributed by atoms with Gasteiger partial charge in [0, 0.05) is 45.6 Å². The van der Waals surface area contributed by atoms with Crippen LogP contribution in [0, 0.1) is 5.92 Å². The van der Waals surface area contributed by atoms with Crippen LogP contribution in [0.5, 0.6) is 0 Å². The third kappa shape index (κ3) is 3.53. The number of piperazine rings is 1. The topological polar surface area (TPSA) is 52.7 Å². The Morgan fingerprint density at radius 2 is 1.94 bits per heavy atom. The molecule has 2 saturated heterocycles. The summed E-state index contributed by atoms with van der Waals surface area (Å²) in [6.07, 6.45) is 2.13. The molecule has 0 aliphatic carbocycles. The van der Waals surface area contributed by atoms with Crippen molar-refractivity contribution in [2.45, 2.75) is 19.8 Å². The van der Waals surface area contributed by atoms with Crippen molar-refractivity contribution in [2.75, 3.05) is 45.8 Å². The van der Waals surface area contributed by atoms with Gasteiger partial charge in [-0.15, -0.1) is 0 Å². The van der Waals surface area contributed by atoms with E-state index in [4.69, 9.17) is 0 Å². The molecular weight excluding hydrogens is 230 g/mol. The predicted molar refractivity (Wildman–Crippen MR) is 69.3 cm³/mol. The molecule has 0 radical (unpaired) electrons. The van der Waals surface area contributed by atoms with E-state index in [0.29, 0.717) is 12.3 Å². The number of nitrogens with one attached hydrogen (secondary N) is 1. The molecule has 2 rings (SSSR count). The molecule has 2 fully saturated rings. The number of rotatable bonds is 3. The van der Waals surface area contributed by atoms with Gasteiger partial charge in [-0.05, 0) is 19.4 Å². The smallest absolute Gasteiger partial charge is 0.219 e. The first kappa shape index (κ1) is 13.5. The van der Waals surface area contributed by atoms with Crippen LogP contribution in [0.3, 0.4) is 0 Å². The molecule has 0 aromatic carbocycles. The molecule has 1 atom stereocenters. The molecule has 0 saturated carbocycles. The summed E-state index contributed by atoms with van der Waals surface area (Å²) >= 11 is 0. The second-order valence-corrected chi connectivity index (χ2v) is 5.29. The summed E-state index contributed by atoms with van der Waals surface area (Å²) in [6.45, 7) is 7.20. The van der Waals surface area contributed by atoms with Gasteiger partial charge in [0.25, 0.3) is 0 Å². The van der Waals surface area contributed by atoms with Crippen molar-refractivity contribution in [3.05, 3.63) is 0 Å². The molecule has 0 aromatic heterocycles. The Kier molecular flexibility index (Phi) is 4.72. The van der Waals surface area contributed by atoms with Gasteiger partial charge in [-0.1, -0.05) is 0 Å². The van der Waals surface area contributed by atoms with E-state index in [9.17, 15) is 9.59 Å². The van der Waals surface area contributed by atoms with Crippen molar-refractivity contribution >= 4 is 11.7 Å². The zero-order valence-electron chi connectivity index (χ0n) is 11.2. The molecule has 1 unspecified atom stereocenters. The molecule has 2 heterocycles. The summed E-state index contributed by atoms with van der Waals surface area (Å²) in [7, 11) is 0. The fourth-order valence-corrected chi connectivity index (χ4v) is 2.70. The number of carbonyl (C=O) groups is 2. The lowest BCUT2D eigenvalue weighted by atomic mass is 9.94. The average Bonchev–Trinajstić information content (AvgIpc) is 2.40. The molecule has 102 valence electrons. The van der Waals surface area contributed by atoms with Crippen LogP contribution in [0.4, 0.5) is 0 Å². The number of hydrogen-bond donors (Lipinski definition) is 1. The number of ketones is 1. The maximum absolute atomic E-state index is 12.1. The van der Waals surface area contributed by atoms with Gasteiger partial charge in [0.05, 0.1) is 6.54 Å². The molecule has 2 aliphatic rings. The quantitative estimate of drug-likeness (QED) is 0.751. The molecule has 2 aliphatic heterocycles. The lowest BCUT2D eigenvalue weighted by Gasteiger charge is -2.34. The summed E-state index contributed by atoms with van der Waals surface area (Å²) < 4.78 is 0. The van der Waals surface area contributed by atoms with Crippen LogP contribution in [0.25, 0.3) is 0 Å². The van der Waals surface area contributed by atoms with Crippen LogP contribution in [-0.4, -0.2) is 67.3 Å². The van der Waals surface area contributed by atoms with Crippen LogP contribution in [0.15, 0.2) is 0 Å². The van der Waals surface area contributed by atoms with Gasteiger partial charge >= 0.3 is 0 Å². The highest BCUT2D eigenvalue weighted by atomic mass is 16.2. The van der Waals surface area contributed by atoms with Crippen LogP contribution in [0.1, 0.15) is 19.8 Å². The number of Topliss-reactive ketones (excluding diaryl/α,β-unsaturated/α-hetero) is 1. The van der Waals surface area contributed by atoms with Gasteiger partial charge in [-0.25, -0.2) is 0 Å². The summed E-state index contributed by atoms with van der Waals surface area (Å²) in [4.78, 5) is 27.4. The molecule has 1 N–H and O–H groups in total. The van der Waals surface area contributed by atoms with E-state index < -0.39 is 0 Å². The van der Waals surface area contributed by atoms with E-state index >= 15 is 0 Å². The summed E-state index contributed by atoms with van der Waals surface area (Å²) in [5.41, 5.74) is 0. The number of piperidine rings is 1. The second kappa shape index (κ2) is 6.29. The summed E-state index contributed by atoms with van der Waals surface area (Å²) in [5, 5.41) is 3.28. The van der Waals surface area contributed by atoms with Crippen molar-refractivity contribution in [1.29, 1.82) is 0 Å². The van der Waals surface area contributed by atoms with E-state index in [1.165, 1.54) is 0 Å². The van der Waals surface area contributed by atoms with Gasteiger partial charge in [0.1, 0.15) is 0 Å². The number of nitrogens with zero attached hydrogens (tertiary/aromatic N) is 2. The minimum Gasteiger partial charge on any atom is -0.340 e. The molecule has 0 aromatic rings. The molecule has 5 heteroatoms. The highest BCUT2D eigenvalue weighted by Crippen LogP contribution is 2.12. The molecule has 18 heavy (non-hydrogen) atoms. The van der Waals surface area contributed by atoms with Gasteiger partial charge in [0.2, 0.25) is 5.91 Å². The Bertz CT molecular complexity index is 305. The van der Waals surface area contributed by atoms with E-state index in [-0.39, 0.29) is 11.8 Å². The Morgan fingerprint density at radius 3 is 2.50 bits per heavy atom. The maximum atomic E-state index is 12.1. The molecular formula is C13H23N3O2. The predicted octanol–water partition coefficient (Wildman–Crippen LogP) is -0.281. The van der Waals surface area contributed by atoms with Gasteiger partial charge in [0.15, 0.2) is 5.78 Å².